The third kappa shape index (κ3) is 3.41. The van der Waals surface area contributed by atoms with Crippen molar-refractivity contribution in [2.24, 2.45) is 0 Å². The van der Waals surface area contributed by atoms with Gasteiger partial charge in [0.15, 0.2) is 0 Å². The molecular formula is C42H26N2O. The van der Waals surface area contributed by atoms with E-state index in [0.29, 0.717) is 0 Å². The van der Waals surface area contributed by atoms with Crippen LogP contribution in [0.2, 0.25) is 0 Å². The molecule has 3 heteroatoms. The van der Waals surface area contributed by atoms with Crippen molar-refractivity contribution in [3.63, 3.8) is 0 Å². The normalized spacial score (nSPS) is 12.2. The van der Waals surface area contributed by atoms with E-state index in [2.05, 4.69) is 161 Å². The van der Waals surface area contributed by atoms with Crippen LogP contribution in [0.4, 0.5) is 0 Å². The van der Waals surface area contributed by atoms with E-state index < -0.39 is 0 Å². The summed E-state index contributed by atoms with van der Waals surface area (Å²) in [6, 6.07) is 56.5. The van der Waals surface area contributed by atoms with Gasteiger partial charge in [0.05, 0.1) is 27.8 Å². The summed E-state index contributed by atoms with van der Waals surface area (Å²) < 4.78 is 11.6. The fourth-order valence-corrected chi connectivity index (χ4v) is 7.44. The van der Waals surface area contributed by atoms with Crippen LogP contribution in [-0.4, -0.2) is 9.13 Å². The highest BCUT2D eigenvalue weighted by Gasteiger charge is 2.24. The monoisotopic (exact) mass is 574 g/mol. The van der Waals surface area contributed by atoms with Gasteiger partial charge >= 0.3 is 0 Å². The molecule has 7 aromatic carbocycles. The van der Waals surface area contributed by atoms with E-state index in [4.69, 9.17) is 4.74 Å². The number of rotatable bonds is 1. The number of benzene rings is 7. The molecule has 9 aromatic rings. The predicted molar refractivity (Wildman–Crippen MR) is 186 cm³/mol. The fraction of sp³-hybridized carbons (Fsp3) is 0. The summed E-state index contributed by atoms with van der Waals surface area (Å²) in [6.45, 7) is 0. The van der Waals surface area contributed by atoms with Crippen molar-refractivity contribution in [3.05, 3.63) is 158 Å². The largest absolute Gasteiger partial charge is 0.456 e. The van der Waals surface area contributed by atoms with Crippen LogP contribution in [0.3, 0.4) is 0 Å². The summed E-state index contributed by atoms with van der Waals surface area (Å²) in [7, 11) is 0. The van der Waals surface area contributed by atoms with E-state index >= 15 is 0 Å². The van der Waals surface area contributed by atoms with Crippen molar-refractivity contribution in [3.8, 4) is 45.1 Å². The van der Waals surface area contributed by atoms with Gasteiger partial charge in [-0.05, 0) is 48.5 Å². The number of aromatic nitrogens is 2. The average molecular weight is 575 g/mol. The summed E-state index contributed by atoms with van der Waals surface area (Å²) in [5, 5.41) is 4.96. The Bertz CT molecular complexity index is 2580. The van der Waals surface area contributed by atoms with Gasteiger partial charge < -0.3 is 13.9 Å². The molecule has 0 N–H and O–H groups in total. The second kappa shape index (κ2) is 9.22. The van der Waals surface area contributed by atoms with Crippen LogP contribution >= 0.6 is 0 Å². The maximum absolute atomic E-state index is 6.73. The van der Waals surface area contributed by atoms with Gasteiger partial charge in [-0.2, -0.15) is 0 Å². The zero-order chi connectivity index (χ0) is 29.5. The second-order valence-corrected chi connectivity index (χ2v) is 11.7. The maximum atomic E-state index is 6.73. The van der Waals surface area contributed by atoms with Crippen molar-refractivity contribution < 1.29 is 4.74 Å². The van der Waals surface area contributed by atoms with Gasteiger partial charge in [-0.15, -0.1) is 0 Å². The van der Waals surface area contributed by atoms with Gasteiger partial charge in [0.25, 0.3) is 0 Å². The highest BCUT2D eigenvalue weighted by Crippen LogP contribution is 2.47. The Morgan fingerprint density at radius 1 is 0.356 bits per heavy atom. The molecule has 0 radical (unpaired) electrons. The smallest absolute Gasteiger partial charge is 0.135 e. The van der Waals surface area contributed by atoms with Gasteiger partial charge in [0.1, 0.15) is 11.5 Å². The lowest BCUT2D eigenvalue weighted by atomic mass is 9.98. The van der Waals surface area contributed by atoms with Crippen LogP contribution in [0.25, 0.3) is 77.2 Å². The molecule has 0 amide bonds. The third-order valence-electron chi connectivity index (χ3n) is 9.33. The van der Waals surface area contributed by atoms with Gasteiger partial charge in [-0.3, -0.25) is 0 Å². The highest BCUT2D eigenvalue weighted by atomic mass is 16.5. The fourth-order valence-electron chi connectivity index (χ4n) is 7.44. The zero-order valence-electron chi connectivity index (χ0n) is 24.3. The molecule has 0 saturated carbocycles. The first-order chi connectivity index (χ1) is 22.3. The molecule has 3 heterocycles. The van der Waals surface area contributed by atoms with Crippen LogP contribution in [0, 0.1) is 0 Å². The number of fused-ring (bicyclic) bond motifs is 12. The van der Waals surface area contributed by atoms with E-state index in [0.717, 1.165) is 45.1 Å². The number of hydrogen-bond acceptors (Lipinski definition) is 1. The van der Waals surface area contributed by atoms with E-state index in [9.17, 15) is 0 Å². The highest BCUT2D eigenvalue weighted by molar-refractivity contribution is 6.16. The molecule has 3 nitrogen and oxygen atoms in total. The Morgan fingerprint density at radius 2 is 0.889 bits per heavy atom. The Hall–Kier alpha value is -6.06. The quantitative estimate of drug-likeness (QED) is 0.191. The van der Waals surface area contributed by atoms with Crippen LogP contribution in [-0.2, 0) is 0 Å². The SMILES string of the molecule is c1ccc2c(c1)Oc1ccccc1-c1cccc3c4cc(-n5c6ccccc6c6ccccc65)ccc4n(c13)-c1ccccc1-2. The van der Waals surface area contributed by atoms with Gasteiger partial charge in [-0.1, -0.05) is 109 Å². The lowest BCUT2D eigenvalue weighted by Gasteiger charge is -2.21. The first-order valence-corrected chi connectivity index (χ1v) is 15.4. The minimum atomic E-state index is 0.845. The summed E-state index contributed by atoms with van der Waals surface area (Å²) in [4.78, 5) is 0. The van der Waals surface area contributed by atoms with E-state index in [1.807, 2.05) is 6.07 Å². The topological polar surface area (TPSA) is 19.1 Å². The molecule has 0 atom stereocenters. The lowest BCUT2D eigenvalue weighted by Crippen LogP contribution is -2.01. The van der Waals surface area contributed by atoms with Crippen molar-refractivity contribution in [2.45, 2.75) is 0 Å². The molecule has 0 unspecified atom stereocenters. The molecule has 0 aliphatic carbocycles. The molecule has 1 aliphatic heterocycles. The number of para-hydroxylation sites is 6. The lowest BCUT2D eigenvalue weighted by molar-refractivity contribution is 0.486. The average Bonchev–Trinajstić information content (AvgIpc) is 3.61. The minimum Gasteiger partial charge on any atom is -0.456 e. The molecule has 10 rings (SSSR count). The number of ether oxygens (including phenoxy) is 1. The van der Waals surface area contributed by atoms with E-state index in [-0.39, 0.29) is 0 Å². The maximum Gasteiger partial charge on any atom is 0.135 e. The van der Waals surface area contributed by atoms with Crippen molar-refractivity contribution >= 4 is 43.6 Å². The van der Waals surface area contributed by atoms with Gasteiger partial charge in [0.2, 0.25) is 0 Å². The third-order valence-corrected chi connectivity index (χ3v) is 9.33. The molecule has 1 aliphatic rings. The zero-order valence-corrected chi connectivity index (χ0v) is 24.3. The molecule has 0 bridgehead atoms. The molecular weight excluding hydrogens is 548 g/mol. The van der Waals surface area contributed by atoms with Crippen LogP contribution < -0.4 is 4.74 Å². The van der Waals surface area contributed by atoms with Crippen molar-refractivity contribution in [1.82, 2.24) is 9.13 Å². The summed E-state index contributed by atoms with van der Waals surface area (Å²) >= 11 is 0. The van der Waals surface area contributed by atoms with E-state index in [1.54, 1.807) is 0 Å². The van der Waals surface area contributed by atoms with E-state index in [1.165, 1.54) is 43.6 Å². The molecule has 45 heavy (non-hydrogen) atoms. The van der Waals surface area contributed by atoms with Gasteiger partial charge in [0, 0.05) is 49.5 Å². The van der Waals surface area contributed by atoms with Gasteiger partial charge in [-0.25, -0.2) is 0 Å². The summed E-state index contributed by atoms with van der Waals surface area (Å²) in [6.07, 6.45) is 0. The molecule has 0 spiro atoms. The molecule has 2 aromatic heterocycles. The molecule has 0 fully saturated rings. The number of hydrogen-bond donors (Lipinski definition) is 0. The van der Waals surface area contributed by atoms with Crippen molar-refractivity contribution in [1.29, 1.82) is 0 Å². The Morgan fingerprint density at radius 3 is 1.62 bits per heavy atom. The van der Waals surface area contributed by atoms with Crippen LogP contribution in [0.1, 0.15) is 0 Å². The Balaban J connectivity index is 1.37. The minimum absolute atomic E-state index is 0.845. The van der Waals surface area contributed by atoms with Crippen molar-refractivity contribution in [2.75, 3.05) is 0 Å². The second-order valence-electron chi connectivity index (χ2n) is 11.7. The predicted octanol–water partition coefficient (Wildman–Crippen LogP) is 11.3. The first-order valence-electron chi connectivity index (χ1n) is 15.4. The molecule has 210 valence electrons. The number of nitrogens with zero attached hydrogens (tertiary/aromatic N) is 2. The first kappa shape index (κ1) is 24.4. The standard InChI is InChI=1S/C42H26N2O/c1-6-19-36-28(12-1)29-13-2-7-20-37(29)43(36)27-24-25-39-35(26-27)34-18-11-17-33-32-16-5-10-23-41(32)45-40-22-9-4-15-31(40)30-14-3-8-21-38(30)44(39)42(33)34/h1-26H. The van der Waals surface area contributed by atoms with Crippen LogP contribution in [0.15, 0.2) is 158 Å². The van der Waals surface area contributed by atoms with Crippen LogP contribution in [0.5, 0.6) is 11.5 Å². The Labute approximate surface area is 259 Å². The summed E-state index contributed by atoms with van der Waals surface area (Å²) in [5.41, 5.74) is 11.5. The summed E-state index contributed by atoms with van der Waals surface area (Å²) in [5.74, 6) is 1.69. The Kier molecular flexibility index (Phi) is 5.00. The molecule has 0 saturated heterocycles.